The summed E-state index contributed by atoms with van der Waals surface area (Å²) in [5.74, 6) is -1.28. The van der Waals surface area contributed by atoms with Crippen molar-refractivity contribution in [3.63, 3.8) is 0 Å². The second-order valence-corrected chi connectivity index (χ2v) is 9.69. The van der Waals surface area contributed by atoms with Gasteiger partial charge in [-0.1, -0.05) is 30.3 Å². The molecule has 2 aromatic carbocycles. The zero-order valence-electron chi connectivity index (χ0n) is 18.1. The van der Waals surface area contributed by atoms with Crippen molar-refractivity contribution >= 4 is 29.1 Å². The third-order valence-corrected chi connectivity index (χ3v) is 7.61. The number of nitro groups is 1. The van der Waals surface area contributed by atoms with Crippen LogP contribution in [0.3, 0.4) is 0 Å². The van der Waals surface area contributed by atoms with Crippen LogP contribution >= 0.6 is 11.8 Å². The predicted octanol–water partition coefficient (Wildman–Crippen LogP) is 3.31. The summed E-state index contributed by atoms with van der Waals surface area (Å²) in [6.45, 7) is 0. The summed E-state index contributed by atoms with van der Waals surface area (Å²) in [6.07, 6.45) is 1.41. The van der Waals surface area contributed by atoms with Gasteiger partial charge in [0.1, 0.15) is 11.3 Å². The van der Waals surface area contributed by atoms with Crippen LogP contribution < -0.4 is 16.0 Å². The van der Waals surface area contributed by atoms with Gasteiger partial charge in [0.15, 0.2) is 5.78 Å². The number of carbonyl (C=O) groups excluding carboxylic acids is 2. The van der Waals surface area contributed by atoms with Crippen molar-refractivity contribution in [2.75, 3.05) is 0 Å². The number of ketones is 1. The number of hydrogen-bond acceptors (Lipinski definition) is 7. The van der Waals surface area contributed by atoms with Gasteiger partial charge in [-0.25, -0.2) is 4.39 Å². The molecule has 1 saturated heterocycles. The summed E-state index contributed by atoms with van der Waals surface area (Å²) in [7, 11) is 0. The molecule has 1 aliphatic carbocycles. The average Bonchev–Trinajstić information content (AvgIpc) is 2.82. The fourth-order valence-corrected chi connectivity index (χ4v) is 5.98. The Bertz CT molecular complexity index is 1190. The number of nitrogens with zero attached hydrogens (tertiary/aromatic N) is 1. The molecule has 5 rings (SSSR count). The number of thioether (sulfide) groups is 1. The van der Waals surface area contributed by atoms with Crippen LogP contribution in [0.1, 0.15) is 36.3 Å². The normalized spacial score (nSPS) is 26.3. The second-order valence-electron chi connectivity index (χ2n) is 8.60. The molecule has 4 unspecified atom stereocenters. The minimum atomic E-state index is -0.618. The van der Waals surface area contributed by atoms with Crippen molar-refractivity contribution in [3.05, 3.63) is 86.9 Å². The Morgan fingerprint density at radius 2 is 1.82 bits per heavy atom. The predicted molar refractivity (Wildman–Crippen MR) is 125 cm³/mol. The van der Waals surface area contributed by atoms with E-state index in [1.165, 1.54) is 30.0 Å². The van der Waals surface area contributed by atoms with Crippen LogP contribution in [-0.4, -0.2) is 28.3 Å². The Morgan fingerprint density at radius 1 is 1.06 bits per heavy atom. The summed E-state index contributed by atoms with van der Waals surface area (Å²) in [4.78, 5) is 36.9. The summed E-state index contributed by atoms with van der Waals surface area (Å²) in [5.41, 5.74) is 2.17. The Hall–Kier alpha value is -3.24. The molecule has 4 atom stereocenters. The molecule has 0 bridgehead atoms. The smallest absolute Gasteiger partial charge is 0.269 e. The molecule has 176 valence electrons. The molecule has 2 heterocycles. The summed E-state index contributed by atoms with van der Waals surface area (Å²) in [6, 6.07) is 12.6. The molecule has 1 amide bonds. The van der Waals surface area contributed by atoms with Crippen molar-refractivity contribution in [2.45, 2.75) is 42.6 Å². The number of allylic oxidation sites excluding steroid dienone is 2. The van der Waals surface area contributed by atoms with E-state index >= 15 is 0 Å². The number of Topliss-reactive ketones (excluding diaryl/α,β-unsaturated/α-hetero) is 1. The number of carbonyl (C=O) groups is 2. The van der Waals surface area contributed by atoms with E-state index < -0.39 is 28.4 Å². The molecule has 0 spiro atoms. The zero-order valence-corrected chi connectivity index (χ0v) is 18.9. The van der Waals surface area contributed by atoms with Gasteiger partial charge in [-0.3, -0.25) is 25.0 Å². The van der Waals surface area contributed by atoms with E-state index in [1.807, 2.05) is 0 Å². The quantitative estimate of drug-likeness (QED) is 0.443. The topological polar surface area (TPSA) is 113 Å². The van der Waals surface area contributed by atoms with E-state index in [0.29, 0.717) is 35.3 Å². The van der Waals surface area contributed by atoms with Gasteiger partial charge in [0.05, 0.1) is 17.0 Å². The van der Waals surface area contributed by atoms with Gasteiger partial charge in [0.2, 0.25) is 5.91 Å². The van der Waals surface area contributed by atoms with Crippen molar-refractivity contribution < 1.29 is 18.9 Å². The van der Waals surface area contributed by atoms with Gasteiger partial charge in [0.25, 0.3) is 5.69 Å². The highest BCUT2D eigenvalue weighted by molar-refractivity contribution is 7.99. The van der Waals surface area contributed by atoms with Gasteiger partial charge in [0, 0.05) is 41.5 Å². The Morgan fingerprint density at radius 3 is 2.56 bits per heavy atom. The molecule has 1 fully saturated rings. The second kappa shape index (κ2) is 9.19. The van der Waals surface area contributed by atoms with Crippen LogP contribution in [0.4, 0.5) is 10.1 Å². The number of rotatable bonds is 5. The maximum Gasteiger partial charge on any atom is 0.269 e. The number of benzene rings is 2. The first kappa shape index (κ1) is 22.5. The molecule has 0 aromatic heterocycles. The van der Waals surface area contributed by atoms with Crippen LogP contribution in [0.15, 0.2) is 59.8 Å². The number of non-ortho nitro benzene ring substituents is 1. The maximum atomic E-state index is 14.0. The lowest BCUT2D eigenvalue weighted by Crippen LogP contribution is -2.67. The van der Waals surface area contributed by atoms with Crippen LogP contribution in [0, 0.1) is 21.8 Å². The number of fused-ring (bicyclic) bond motifs is 1. The highest BCUT2D eigenvalue weighted by Gasteiger charge is 2.49. The highest BCUT2D eigenvalue weighted by Crippen LogP contribution is 2.44. The van der Waals surface area contributed by atoms with E-state index in [0.717, 1.165) is 12.1 Å². The summed E-state index contributed by atoms with van der Waals surface area (Å²) in [5, 5.41) is 20.8. The minimum Gasteiger partial charge on any atom is -0.372 e. The summed E-state index contributed by atoms with van der Waals surface area (Å²) < 4.78 is 14.0. The van der Waals surface area contributed by atoms with E-state index in [-0.39, 0.29) is 23.2 Å². The molecule has 3 aliphatic rings. The third kappa shape index (κ3) is 4.19. The van der Waals surface area contributed by atoms with Gasteiger partial charge in [-0.15, -0.1) is 11.8 Å². The number of nitro benzene ring substituents is 1. The van der Waals surface area contributed by atoms with Crippen molar-refractivity contribution in [2.24, 2.45) is 5.92 Å². The van der Waals surface area contributed by atoms with Gasteiger partial charge in [-0.05, 0) is 30.0 Å². The molecule has 2 aliphatic heterocycles. The largest absolute Gasteiger partial charge is 0.372 e. The van der Waals surface area contributed by atoms with Crippen LogP contribution in [-0.2, 0) is 15.3 Å². The Labute approximate surface area is 199 Å². The standard InChI is InChI=1S/C24H23FN4O4S/c25-16-5-2-1-4-14(16)12-34-24-27-22-21(23(31)28-24)19(13-8-10-15(11-9-13)29(32)33)20-17(26-22)6-3-7-18(20)30/h1-2,4-5,8-11,19,21-22,24,26-27H,3,6-7,12H2,(H,28,31). The lowest BCUT2D eigenvalue weighted by Gasteiger charge is -2.47. The fraction of sp³-hybridized carbons (Fsp3) is 0.333. The van der Waals surface area contributed by atoms with E-state index in [2.05, 4.69) is 16.0 Å². The van der Waals surface area contributed by atoms with Crippen molar-refractivity contribution in [1.29, 1.82) is 0 Å². The summed E-state index contributed by atoms with van der Waals surface area (Å²) >= 11 is 1.38. The van der Waals surface area contributed by atoms with E-state index in [1.54, 1.807) is 30.3 Å². The third-order valence-electron chi connectivity index (χ3n) is 6.55. The van der Waals surface area contributed by atoms with Gasteiger partial charge < -0.3 is 10.6 Å². The monoisotopic (exact) mass is 482 g/mol. The van der Waals surface area contributed by atoms with Gasteiger partial charge >= 0.3 is 0 Å². The number of hydrogen-bond donors (Lipinski definition) is 3. The SMILES string of the molecule is O=C1CCCC2=C1C(c1ccc([N+](=O)[O-])cc1)C1C(=O)NC(SCc3ccccc3F)NC1N2. The number of nitrogens with one attached hydrogen (secondary N) is 3. The molecule has 10 heteroatoms. The molecule has 34 heavy (non-hydrogen) atoms. The Kier molecular flexibility index (Phi) is 6.09. The lowest BCUT2D eigenvalue weighted by atomic mass is 9.70. The van der Waals surface area contributed by atoms with Crippen LogP contribution in [0.5, 0.6) is 0 Å². The fourth-order valence-electron chi connectivity index (χ4n) is 4.96. The van der Waals surface area contributed by atoms with Crippen molar-refractivity contribution in [1.82, 2.24) is 16.0 Å². The number of amides is 1. The highest BCUT2D eigenvalue weighted by atomic mass is 32.2. The first-order valence-electron chi connectivity index (χ1n) is 11.1. The maximum absolute atomic E-state index is 14.0. The van der Waals surface area contributed by atoms with Crippen LogP contribution in [0.2, 0.25) is 0 Å². The lowest BCUT2D eigenvalue weighted by molar-refractivity contribution is -0.384. The molecule has 0 saturated carbocycles. The van der Waals surface area contributed by atoms with E-state index in [9.17, 15) is 24.1 Å². The average molecular weight is 483 g/mol. The Balaban J connectivity index is 1.43. The van der Waals surface area contributed by atoms with Gasteiger partial charge in [-0.2, -0.15) is 0 Å². The molecular weight excluding hydrogens is 459 g/mol. The minimum absolute atomic E-state index is 0.000552. The molecule has 8 nitrogen and oxygen atoms in total. The first-order valence-corrected chi connectivity index (χ1v) is 12.2. The number of halogens is 1. The zero-order chi connectivity index (χ0) is 23.8. The molecule has 0 radical (unpaired) electrons. The molecule has 2 aromatic rings. The molecular formula is C24H23FN4O4S. The van der Waals surface area contributed by atoms with Crippen LogP contribution in [0.25, 0.3) is 0 Å². The van der Waals surface area contributed by atoms with E-state index in [4.69, 9.17) is 0 Å². The van der Waals surface area contributed by atoms with Crippen molar-refractivity contribution in [3.8, 4) is 0 Å². The molecule has 3 N–H and O–H groups in total. The first-order chi connectivity index (χ1) is 16.4.